The Morgan fingerprint density at radius 2 is 1.97 bits per heavy atom. The molecule has 7 nitrogen and oxygen atoms in total. The molecule has 0 unspecified atom stereocenters. The SMILES string of the molecule is Cc1nc2ccc(Cl)cn2c1C=CC(=O)N1CCC(n2c(=O)[nH]c3ccccc32)CC1. The lowest BCUT2D eigenvalue weighted by molar-refractivity contribution is -0.127. The number of hydrogen-bond acceptors (Lipinski definition) is 3. The molecule has 4 heterocycles. The number of aryl methyl sites for hydroxylation is 1. The van der Waals surface area contributed by atoms with E-state index in [1.807, 2.05) is 51.1 Å². The Labute approximate surface area is 183 Å². The van der Waals surface area contributed by atoms with Crippen LogP contribution in [0.25, 0.3) is 22.8 Å². The van der Waals surface area contributed by atoms with E-state index >= 15 is 0 Å². The zero-order chi connectivity index (χ0) is 21.5. The van der Waals surface area contributed by atoms with E-state index in [2.05, 4.69) is 9.97 Å². The maximum absolute atomic E-state index is 12.8. The van der Waals surface area contributed by atoms with Crippen LogP contribution in [0.5, 0.6) is 0 Å². The van der Waals surface area contributed by atoms with E-state index in [4.69, 9.17) is 11.6 Å². The number of nitrogens with zero attached hydrogens (tertiary/aromatic N) is 4. The average molecular weight is 436 g/mol. The highest BCUT2D eigenvalue weighted by atomic mass is 35.5. The molecule has 1 fully saturated rings. The fraction of sp³-hybridized carbons (Fsp3) is 0.261. The molecule has 158 valence electrons. The summed E-state index contributed by atoms with van der Waals surface area (Å²) < 4.78 is 3.72. The minimum absolute atomic E-state index is 0.0406. The molecule has 0 saturated carbocycles. The zero-order valence-corrected chi connectivity index (χ0v) is 17.8. The first kappa shape index (κ1) is 19.6. The number of pyridine rings is 1. The van der Waals surface area contributed by atoms with Crippen molar-refractivity contribution < 1.29 is 4.79 Å². The summed E-state index contributed by atoms with van der Waals surface area (Å²) in [7, 11) is 0. The van der Waals surface area contributed by atoms with E-state index in [1.54, 1.807) is 24.4 Å². The number of carbonyl (C=O) groups is 1. The number of rotatable bonds is 3. The summed E-state index contributed by atoms with van der Waals surface area (Å²) in [5, 5.41) is 0.612. The van der Waals surface area contributed by atoms with Gasteiger partial charge in [-0.3, -0.25) is 13.8 Å². The van der Waals surface area contributed by atoms with Gasteiger partial charge >= 0.3 is 5.69 Å². The third-order valence-corrected chi connectivity index (χ3v) is 6.18. The number of aromatic nitrogens is 4. The number of aromatic amines is 1. The highest BCUT2D eigenvalue weighted by Gasteiger charge is 2.25. The van der Waals surface area contributed by atoms with Crippen molar-refractivity contribution in [3.05, 3.63) is 75.6 Å². The summed E-state index contributed by atoms with van der Waals surface area (Å²) in [6, 6.07) is 11.4. The van der Waals surface area contributed by atoms with Gasteiger partial charge in [0.05, 0.1) is 27.4 Å². The third-order valence-electron chi connectivity index (χ3n) is 5.95. The molecule has 1 aliphatic rings. The normalized spacial score (nSPS) is 15.5. The molecule has 1 N–H and O–H groups in total. The summed E-state index contributed by atoms with van der Waals surface area (Å²) in [6.45, 7) is 3.13. The van der Waals surface area contributed by atoms with Crippen LogP contribution in [0.3, 0.4) is 0 Å². The zero-order valence-electron chi connectivity index (χ0n) is 17.1. The lowest BCUT2D eigenvalue weighted by atomic mass is 10.0. The minimum Gasteiger partial charge on any atom is -0.339 e. The van der Waals surface area contributed by atoms with Crippen LogP contribution in [0.1, 0.15) is 30.3 Å². The maximum atomic E-state index is 12.8. The van der Waals surface area contributed by atoms with Crippen molar-refractivity contribution in [2.45, 2.75) is 25.8 Å². The van der Waals surface area contributed by atoms with Crippen LogP contribution < -0.4 is 5.69 Å². The van der Waals surface area contributed by atoms with Gasteiger partial charge in [0.2, 0.25) is 5.91 Å². The molecule has 1 aliphatic heterocycles. The highest BCUT2D eigenvalue weighted by molar-refractivity contribution is 6.30. The number of fused-ring (bicyclic) bond motifs is 2. The number of halogens is 1. The molecule has 8 heteroatoms. The number of nitrogens with one attached hydrogen (secondary N) is 1. The summed E-state index contributed by atoms with van der Waals surface area (Å²) >= 11 is 6.11. The van der Waals surface area contributed by atoms with E-state index in [-0.39, 0.29) is 17.6 Å². The molecule has 0 spiro atoms. The predicted octanol–water partition coefficient (Wildman–Crippen LogP) is 3.82. The quantitative estimate of drug-likeness (QED) is 0.497. The summed E-state index contributed by atoms with van der Waals surface area (Å²) in [5.74, 6) is -0.0406. The van der Waals surface area contributed by atoms with Gasteiger partial charge in [-0.15, -0.1) is 0 Å². The monoisotopic (exact) mass is 435 g/mol. The standard InChI is InChI=1S/C23H22ClN5O2/c1-15-19(28-14-16(24)6-8-21(28)25-15)7-9-22(30)27-12-10-17(11-13-27)29-20-5-3-2-4-18(20)26-23(29)31/h2-9,14,17H,10-13H2,1H3,(H,26,31). The second kappa shape index (κ2) is 7.74. The van der Waals surface area contributed by atoms with Crippen molar-refractivity contribution in [3.8, 4) is 0 Å². The third kappa shape index (κ3) is 3.55. The molecule has 5 rings (SSSR count). The van der Waals surface area contributed by atoms with Crippen molar-refractivity contribution in [3.63, 3.8) is 0 Å². The molecule has 0 aliphatic carbocycles. The minimum atomic E-state index is -0.0902. The summed E-state index contributed by atoms with van der Waals surface area (Å²) in [5.41, 5.74) is 4.14. The van der Waals surface area contributed by atoms with Crippen molar-refractivity contribution in [2.75, 3.05) is 13.1 Å². The fourth-order valence-corrected chi connectivity index (χ4v) is 4.55. The average Bonchev–Trinajstić information content (AvgIpc) is 3.27. The first-order valence-corrected chi connectivity index (χ1v) is 10.7. The van der Waals surface area contributed by atoms with Gasteiger partial charge in [0.25, 0.3) is 0 Å². The molecule has 3 aromatic heterocycles. The van der Waals surface area contributed by atoms with Gasteiger partial charge in [-0.05, 0) is 50.1 Å². The number of amides is 1. The second-order valence-electron chi connectivity index (χ2n) is 7.87. The van der Waals surface area contributed by atoms with Crippen LogP contribution in [0, 0.1) is 6.92 Å². The van der Waals surface area contributed by atoms with E-state index < -0.39 is 0 Å². The van der Waals surface area contributed by atoms with E-state index in [0.29, 0.717) is 18.1 Å². The van der Waals surface area contributed by atoms with Gasteiger partial charge in [-0.2, -0.15) is 0 Å². The number of hydrogen-bond donors (Lipinski definition) is 1. The van der Waals surface area contributed by atoms with Crippen molar-refractivity contribution in [1.29, 1.82) is 0 Å². The number of benzene rings is 1. The topological polar surface area (TPSA) is 75.4 Å². The van der Waals surface area contributed by atoms with Gasteiger partial charge in [-0.1, -0.05) is 23.7 Å². The lowest BCUT2D eigenvalue weighted by Crippen LogP contribution is -2.39. The molecule has 31 heavy (non-hydrogen) atoms. The Morgan fingerprint density at radius 3 is 2.77 bits per heavy atom. The lowest BCUT2D eigenvalue weighted by Gasteiger charge is -2.32. The van der Waals surface area contributed by atoms with Crippen molar-refractivity contribution in [1.82, 2.24) is 23.8 Å². The van der Waals surface area contributed by atoms with Crippen LogP contribution in [-0.2, 0) is 4.79 Å². The second-order valence-corrected chi connectivity index (χ2v) is 8.30. The first-order valence-electron chi connectivity index (χ1n) is 10.3. The number of para-hydroxylation sites is 2. The van der Waals surface area contributed by atoms with E-state index in [0.717, 1.165) is 40.9 Å². The largest absolute Gasteiger partial charge is 0.339 e. The summed E-state index contributed by atoms with van der Waals surface area (Å²) in [6.07, 6.45) is 6.67. The molecule has 1 saturated heterocycles. The molecule has 4 aromatic rings. The van der Waals surface area contributed by atoms with E-state index in [1.165, 1.54) is 0 Å². The van der Waals surface area contributed by atoms with Gasteiger partial charge in [-0.25, -0.2) is 9.78 Å². The number of likely N-dealkylation sites (tertiary alicyclic amines) is 1. The van der Waals surface area contributed by atoms with Crippen LogP contribution in [0.15, 0.2) is 53.5 Å². The summed E-state index contributed by atoms with van der Waals surface area (Å²) in [4.78, 5) is 34.5. The fourth-order valence-electron chi connectivity index (χ4n) is 4.39. The Bertz CT molecular complexity index is 1370. The van der Waals surface area contributed by atoms with Crippen molar-refractivity contribution in [2.24, 2.45) is 0 Å². The predicted molar refractivity (Wildman–Crippen MR) is 121 cm³/mol. The first-order chi connectivity index (χ1) is 15.0. The highest BCUT2D eigenvalue weighted by Crippen LogP contribution is 2.25. The van der Waals surface area contributed by atoms with Gasteiger partial charge in [0.1, 0.15) is 5.65 Å². The molecule has 0 bridgehead atoms. The van der Waals surface area contributed by atoms with Crippen LogP contribution in [0.4, 0.5) is 0 Å². The Balaban J connectivity index is 1.31. The number of carbonyl (C=O) groups excluding carboxylic acids is 1. The Hall–Kier alpha value is -3.32. The number of imidazole rings is 2. The van der Waals surface area contributed by atoms with Crippen LogP contribution >= 0.6 is 11.6 Å². The van der Waals surface area contributed by atoms with Crippen LogP contribution in [0.2, 0.25) is 5.02 Å². The van der Waals surface area contributed by atoms with Gasteiger partial charge in [0, 0.05) is 31.4 Å². The smallest absolute Gasteiger partial charge is 0.326 e. The van der Waals surface area contributed by atoms with Gasteiger partial charge < -0.3 is 9.88 Å². The van der Waals surface area contributed by atoms with Crippen molar-refractivity contribution >= 4 is 40.3 Å². The molecular formula is C23H22ClN5O2. The molecule has 1 amide bonds. The molecule has 1 aromatic carbocycles. The van der Waals surface area contributed by atoms with Gasteiger partial charge in [0.15, 0.2) is 0 Å². The number of H-pyrrole nitrogens is 1. The molecule has 0 atom stereocenters. The van der Waals surface area contributed by atoms with Crippen LogP contribution in [-0.4, -0.2) is 42.8 Å². The Morgan fingerprint density at radius 1 is 1.19 bits per heavy atom. The maximum Gasteiger partial charge on any atom is 0.326 e. The van der Waals surface area contributed by atoms with E-state index in [9.17, 15) is 9.59 Å². The molecular weight excluding hydrogens is 414 g/mol. The number of piperidine rings is 1. The molecule has 0 radical (unpaired) electrons. The Kier molecular flexibility index (Phi) is 4.90.